The van der Waals surface area contributed by atoms with Crippen molar-refractivity contribution < 1.29 is 4.74 Å². The minimum Gasteiger partial charge on any atom is -0.385 e. The maximum absolute atomic E-state index is 5.03. The van der Waals surface area contributed by atoms with Gasteiger partial charge in [-0.05, 0) is 44.9 Å². The van der Waals surface area contributed by atoms with Crippen LogP contribution < -0.4 is 0 Å². The van der Waals surface area contributed by atoms with Crippen molar-refractivity contribution >= 4 is 0 Å². The quantitative estimate of drug-likeness (QED) is 0.270. The number of hydrogen-bond donors (Lipinski definition) is 0. The van der Waals surface area contributed by atoms with Gasteiger partial charge in [0.1, 0.15) is 0 Å². The molecule has 0 atom stereocenters. The van der Waals surface area contributed by atoms with Crippen molar-refractivity contribution in [2.75, 3.05) is 13.7 Å². The predicted octanol–water partition coefficient (Wildman–Crippen LogP) is 6.22. The standard InChI is InChI=1S/C19H34O/c1-3-4-5-6-7-8-9-10-11-12-13-14-15-16-17-18-19-20-2/h7-8,10-11,13-14H,3-6,9,12,15-19H2,1-2H3/b8-7+,11-10+,14-13+. The van der Waals surface area contributed by atoms with Gasteiger partial charge < -0.3 is 4.74 Å². The Kier molecular flexibility index (Phi) is 17.4. The maximum Gasteiger partial charge on any atom is 0.0462 e. The third kappa shape index (κ3) is 17.2. The van der Waals surface area contributed by atoms with Gasteiger partial charge in [-0.2, -0.15) is 0 Å². The Labute approximate surface area is 126 Å². The summed E-state index contributed by atoms with van der Waals surface area (Å²) in [5.74, 6) is 0. The average molecular weight is 278 g/mol. The number of hydrogen-bond acceptors (Lipinski definition) is 1. The van der Waals surface area contributed by atoms with Gasteiger partial charge in [0.15, 0.2) is 0 Å². The van der Waals surface area contributed by atoms with E-state index in [9.17, 15) is 0 Å². The Bertz CT molecular complexity index is 250. The van der Waals surface area contributed by atoms with E-state index in [0.717, 1.165) is 19.4 Å². The molecule has 0 aromatic rings. The van der Waals surface area contributed by atoms with Crippen molar-refractivity contribution in [1.82, 2.24) is 0 Å². The highest BCUT2D eigenvalue weighted by Gasteiger charge is 1.86. The summed E-state index contributed by atoms with van der Waals surface area (Å²) in [6.45, 7) is 3.15. The molecule has 1 heteroatoms. The Morgan fingerprint density at radius 3 is 1.75 bits per heavy atom. The number of allylic oxidation sites excluding steroid dienone is 6. The molecule has 20 heavy (non-hydrogen) atoms. The van der Waals surface area contributed by atoms with Gasteiger partial charge in [-0.1, -0.05) is 62.6 Å². The van der Waals surface area contributed by atoms with Gasteiger partial charge in [0, 0.05) is 13.7 Å². The summed E-state index contributed by atoms with van der Waals surface area (Å²) in [6, 6.07) is 0. The van der Waals surface area contributed by atoms with E-state index in [-0.39, 0.29) is 0 Å². The molecule has 0 heterocycles. The van der Waals surface area contributed by atoms with Crippen molar-refractivity contribution in [3.05, 3.63) is 36.5 Å². The van der Waals surface area contributed by atoms with Crippen LogP contribution in [-0.2, 0) is 4.74 Å². The lowest BCUT2D eigenvalue weighted by molar-refractivity contribution is 0.192. The van der Waals surface area contributed by atoms with Crippen molar-refractivity contribution in [3.63, 3.8) is 0 Å². The zero-order valence-corrected chi connectivity index (χ0v) is 13.7. The van der Waals surface area contributed by atoms with Crippen LogP contribution in [0.3, 0.4) is 0 Å². The number of rotatable bonds is 14. The highest BCUT2D eigenvalue weighted by atomic mass is 16.5. The van der Waals surface area contributed by atoms with Crippen molar-refractivity contribution in [1.29, 1.82) is 0 Å². The van der Waals surface area contributed by atoms with Crippen LogP contribution in [0.4, 0.5) is 0 Å². The third-order valence-electron chi connectivity index (χ3n) is 3.24. The van der Waals surface area contributed by atoms with Gasteiger partial charge in [-0.15, -0.1) is 0 Å². The zero-order valence-electron chi connectivity index (χ0n) is 13.7. The van der Waals surface area contributed by atoms with Crippen LogP contribution in [0.1, 0.15) is 71.1 Å². The molecule has 0 aliphatic heterocycles. The highest BCUT2D eigenvalue weighted by molar-refractivity contribution is 4.97. The minimum atomic E-state index is 0.901. The molecule has 116 valence electrons. The number of ether oxygens (including phenoxy) is 1. The fraction of sp³-hybridized carbons (Fsp3) is 0.684. The summed E-state index contributed by atoms with van der Waals surface area (Å²) in [6.07, 6.45) is 26.1. The zero-order chi connectivity index (χ0) is 14.7. The van der Waals surface area contributed by atoms with Crippen LogP contribution in [0.25, 0.3) is 0 Å². The van der Waals surface area contributed by atoms with Gasteiger partial charge >= 0.3 is 0 Å². The Balaban J connectivity index is 3.25. The Hall–Kier alpha value is -0.820. The molecule has 0 unspecified atom stereocenters. The van der Waals surface area contributed by atoms with Crippen LogP contribution in [-0.4, -0.2) is 13.7 Å². The first-order valence-corrected chi connectivity index (χ1v) is 8.35. The van der Waals surface area contributed by atoms with Crippen molar-refractivity contribution in [2.45, 2.75) is 71.1 Å². The second-order valence-corrected chi connectivity index (χ2v) is 5.22. The van der Waals surface area contributed by atoms with Gasteiger partial charge in [0.25, 0.3) is 0 Å². The van der Waals surface area contributed by atoms with E-state index in [1.54, 1.807) is 7.11 Å². The number of methoxy groups -OCH3 is 1. The van der Waals surface area contributed by atoms with Crippen LogP contribution in [0.15, 0.2) is 36.5 Å². The van der Waals surface area contributed by atoms with Gasteiger partial charge in [0.2, 0.25) is 0 Å². The van der Waals surface area contributed by atoms with Crippen LogP contribution >= 0.6 is 0 Å². The molecule has 0 spiro atoms. The van der Waals surface area contributed by atoms with E-state index in [1.165, 1.54) is 51.4 Å². The smallest absolute Gasteiger partial charge is 0.0462 e. The first-order valence-electron chi connectivity index (χ1n) is 8.35. The number of unbranched alkanes of at least 4 members (excludes halogenated alkanes) is 6. The summed E-state index contributed by atoms with van der Waals surface area (Å²) in [5, 5.41) is 0. The molecule has 0 radical (unpaired) electrons. The van der Waals surface area contributed by atoms with Crippen molar-refractivity contribution in [2.24, 2.45) is 0 Å². The second-order valence-electron chi connectivity index (χ2n) is 5.22. The maximum atomic E-state index is 5.03. The SMILES string of the molecule is CCCCC/C=C/C/C=C/C/C=C/CCCCCOC. The molecule has 0 saturated carbocycles. The molecule has 0 aromatic heterocycles. The Morgan fingerprint density at radius 1 is 0.650 bits per heavy atom. The molecule has 0 aromatic carbocycles. The van der Waals surface area contributed by atoms with E-state index in [2.05, 4.69) is 43.4 Å². The normalized spacial score (nSPS) is 12.3. The van der Waals surface area contributed by atoms with Crippen molar-refractivity contribution in [3.8, 4) is 0 Å². The van der Waals surface area contributed by atoms with E-state index < -0.39 is 0 Å². The summed E-state index contributed by atoms with van der Waals surface area (Å²) in [7, 11) is 1.77. The summed E-state index contributed by atoms with van der Waals surface area (Å²) in [4.78, 5) is 0. The van der Waals surface area contributed by atoms with Gasteiger partial charge in [-0.3, -0.25) is 0 Å². The first kappa shape index (κ1) is 19.2. The largest absolute Gasteiger partial charge is 0.385 e. The van der Waals surface area contributed by atoms with E-state index in [0.29, 0.717) is 0 Å². The van der Waals surface area contributed by atoms with Crippen LogP contribution in [0, 0.1) is 0 Å². The molecule has 0 saturated heterocycles. The molecule has 1 nitrogen and oxygen atoms in total. The van der Waals surface area contributed by atoms with Crippen LogP contribution in [0.2, 0.25) is 0 Å². The minimum absolute atomic E-state index is 0.901. The lowest BCUT2D eigenvalue weighted by Crippen LogP contribution is -1.87. The molecule has 0 bridgehead atoms. The fourth-order valence-corrected chi connectivity index (χ4v) is 1.98. The topological polar surface area (TPSA) is 9.23 Å². The molecule has 0 aliphatic rings. The first-order chi connectivity index (χ1) is 9.91. The molecule has 0 aliphatic carbocycles. The van der Waals surface area contributed by atoms with E-state index >= 15 is 0 Å². The summed E-state index contributed by atoms with van der Waals surface area (Å²) < 4.78 is 5.03. The molecule has 0 rings (SSSR count). The lowest BCUT2D eigenvalue weighted by Gasteiger charge is -1.96. The average Bonchev–Trinajstić information content (AvgIpc) is 2.47. The van der Waals surface area contributed by atoms with Gasteiger partial charge in [-0.25, -0.2) is 0 Å². The van der Waals surface area contributed by atoms with E-state index in [4.69, 9.17) is 4.74 Å². The monoisotopic (exact) mass is 278 g/mol. The summed E-state index contributed by atoms with van der Waals surface area (Å²) in [5.41, 5.74) is 0. The highest BCUT2D eigenvalue weighted by Crippen LogP contribution is 2.02. The predicted molar refractivity (Wildman–Crippen MR) is 91.1 cm³/mol. The molecular weight excluding hydrogens is 244 g/mol. The fourth-order valence-electron chi connectivity index (χ4n) is 1.98. The lowest BCUT2D eigenvalue weighted by atomic mass is 10.2. The molecule has 0 amide bonds. The van der Waals surface area contributed by atoms with Crippen LogP contribution in [0.5, 0.6) is 0 Å². The second kappa shape index (κ2) is 18.2. The molecule has 0 fully saturated rings. The third-order valence-corrected chi connectivity index (χ3v) is 3.24. The molecule has 0 N–H and O–H groups in total. The van der Waals surface area contributed by atoms with Gasteiger partial charge in [0.05, 0.1) is 0 Å². The molecular formula is C19H34O. The summed E-state index contributed by atoms with van der Waals surface area (Å²) >= 11 is 0. The Morgan fingerprint density at radius 2 is 1.20 bits per heavy atom. The van der Waals surface area contributed by atoms with E-state index in [1.807, 2.05) is 0 Å².